The second-order valence-electron chi connectivity index (χ2n) is 4.84. The maximum Gasteiger partial charge on any atom is 0.187 e. The number of hydrogen-bond acceptors (Lipinski definition) is 6. The predicted molar refractivity (Wildman–Crippen MR) is 75.2 cm³/mol. The van der Waals surface area contributed by atoms with Crippen LogP contribution in [-0.2, 0) is 9.47 Å². The molecule has 21 heavy (non-hydrogen) atoms. The SMILES string of the molecule is OCC1OC(OC/C=C/c2ccccc2)C(O)C(O)C1O. The third kappa shape index (κ3) is 4.10. The summed E-state index contributed by atoms with van der Waals surface area (Å²) in [5.74, 6) is 0. The second kappa shape index (κ2) is 7.65. The van der Waals surface area contributed by atoms with Crippen molar-refractivity contribution in [3.8, 4) is 0 Å². The summed E-state index contributed by atoms with van der Waals surface area (Å²) in [5, 5.41) is 38.1. The summed E-state index contributed by atoms with van der Waals surface area (Å²) in [6, 6.07) is 9.62. The van der Waals surface area contributed by atoms with Gasteiger partial charge in [0.15, 0.2) is 6.29 Å². The second-order valence-corrected chi connectivity index (χ2v) is 4.84. The van der Waals surface area contributed by atoms with E-state index >= 15 is 0 Å². The summed E-state index contributed by atoms with van der Waals surface area (Å²) in [6.07, 6.45) is -2.61. The number of rotatable bonds is 5. The van der Waals surface area contributed by atoms with E-state index in [0.717, 1.165) is 5.56 Å². The molecule has 0 saturated carbocycles. The highest BCUT2D eigenvalue weighted by Crippen LogP contribution is 2.21. The lowest BCUT2D eigenvalue weighted by molar-refractivity contribution is -0.298. The fourth-order valence-electron chi connectivity index (χ4n) is 2.10. The van der Waals surface area contributed by atoms with Crippen LogP contribution in [0.2, 0.25) is 0 Å². The summed E-state index contributed by atoms with van der Waals surface area (Å²) in [5.41, 5.74) is 1.01. The molecular weight excluding hydrogens is 276 g/mol. The molecule has 1 aromatic carbocycles. The maximum absolute atomic E-state index is 9.77. The number of hydrogen-bond donors (Lipinski definition) is 4. The zero-order valence-corrected chi connectivity index (χ0v) is 11.4. The molecule has 6 nitrogen and oxygen atoms in total. The largest absolute Gasteiger partial charge is 0.394 e. The van der Waals surface area contributed by atoms with Crippen LogP contribution in [0.3, 0.4) is 0 Å². The minimum atomic E-state index is -1.42. The molecule has 1 heterocycles. The van der Waals surface area contributed by atoms with Gasteiger partial charge in [-0.15, -0.1) is 0 Å². The first-order valence-corrected chi connectivity index (χ1v) is 6.77. The number of aliphatic hydroxyl groups is 4. The highest BCUT2D eigenvalue weighted by Gasteiger charge is 2.43. The molecule has 2 rings (SSSR count). The van der Waals surface area contributed by atoms with Crippen LogP contribution in [0, 0.1) is 0 Å². The first kappa shape index (κ1) is 16.1. The molecular formula is C15H20O6. The molecule has 0 bridgehead atoms. The van der Waals surface area contributed by atoms with Gasteiger partial charge in [-0.05, 0) is 5.56 Å². The monoisotopic (exact) mass is 296 g/mol. The Balaban J connectivity index is 1.86. The van der Waals surface area contributed by atoms with Crippen molar-refractivity contribution in [2.45, 2.75) is 30.7 Å². The highest BCUT2D eigenvalue weighted by molar-refractivity contribution is 5.48. The molecule has 1 aromatic rings. The number of aliphatic hydroxyl groups excluding tert-OH is 4. The van der Waals surface area contributed by atoms with Gasteiger partial charge in [0.25, 0.3) is 0 Å². The van der Waals surface area contributed by atoms with Crippen molar-refractivity contribution in [1.82, 2.24) is 0 Å². The Bertz CT molecular complexity index is 447. The van der Waals surface area contributed by atoms with Crippen LogP contribution in [0.15, 0.2) is 36.4 Å². The van der Waals surface area contributed by atoms with E-state index in [-0.39, 0.29) is 6.61 Å². The Morgan fingerprint density at radius 1 is 1.05 bits per heavy atom. The van der Waals surface area contributed by atoms with Crippen LogP contribution in [-0.4, -0.2) is 64.3 Å². The van der Waals surface area contributed by atoms with Gasteiger partial charge in [0.1, 0.15) is 24.4 Å². The molecule has 1 aliphatic rings. The Hall–Kier alpha value is -1.28. The molecule has 0 amide bonds. The lowest BCUT2D eigenvalue weighted by atomic mass is 9.99. The van der Waals surface area contributed by atoms with Crippen molar-refractivity contribution >= 4 is 6.08 Å². The summed E-state index contributed by atoms with van der Waals surface area (Å²) < 4.78 is 10.5. The zero-order valence-electron chi connectivity index (χ0n) is 11.4. The van der Waals surface area contributed by atoms with Crippen LogP contribution >= 0.6 is 0 Å². The van der Waals surface area contributed by atoms with E-state index in [1.165, 1.54) is 0 Å². The van der Waals surface area contributed by atoms with Crippen LogP contribution in [0.25, 0.3) is 6.08 Å². The van der Waals surface area contributed by atoms with Gasteiger partial charge >= 0.3 is 0 Å². The Labute approximate surface area is 122 Å². The van der Waals surface area contributed by atoms with E-state index in [0.29, 0.717) is 0 Å². The minimum Gasteiger partial charge on any atom is -0.394 e. The molecule has 5 unspecified atom stereocenters. The lowest BCUT2D eigenvalue weighted by Gasteiger charge is -2.39. The van der Waals surface area contributed by atoms with E-state index in [1.54, 1.807) is 6.08 Å². The molecule has 0 aliphatic carbocycles. The quantitative estimate of drug-likeness (QED) is 0.585. The van der Waals surface area contributed by atoms with Gasteiger partial charge in [-0.25, -0.2) is 0 Å². The molecule has 0 spiro atoms. The molecule has 1 fully saturated rings. The zero-order chi connectivity index (χ0) is 15.2. The highest BCUT2D eigenvalue weighted by atomic mass is 16.7. The van der Waals surface area contributed by atoms with Gasteiger partial charge < -0.3 is 29.9 Å². The fraction of sp³-hybridized carbons (Fsp3) is 0.467. The van der Waals surface area contributed by atoms with Gasteiger partial charge in [-0.1, -0.05) is 42.5 Å². The van der Waals surface area contributed by atoms with Gasteiger partial charge in [-0.3, -0.25) is 0 Å². The normalized spacial score (nSPS) is 33.4. The summed E-state index contributed by atoms with van der Waals surface area (Å²) >= 11 is 0. The molecule has 6 heteroatoms. The first-order chi connectivity index (χ1) is 10.1. The van der Waals surface area contributed by atoms with Gasteiger partial charge in [0.05, 0.1) is 13.2 Å². The minimum absolute atomic E-state index is 0.164. The van der Waals surface area contributed by atoms with E-state index in [9.17, 15) is 15.3 Å². The molecule has 0 aromatic heterocycles. The molecule has 4 N–H and O–H groups in total. The molecule has 1 aliphatic heterocycles. The standard InChI is InChI=1S/C15H20O6/c16-9-11-12(17)13(18)14(19)15(21-11)20-8-4-7-10-5-2-1-3-6-10/h1-7,11-19H,8-9H2/b7-4+. The van der Waals surface area contributed by atoms with E-state index in [2.05, 4.69) is 0 Å². The summed E-state index contributed by atoms with van der Waals surface area (Å²) in [4.78, 5) is 0. The van der Waals surface area contributed by atoms with Crippen molar-refractivity contribution < 1.29 is 29.9 Å². The van der Waals surface area contributed by atoms with Gasteiger partial charge in [0, 0.05) is 0 Å². The van der Waals surface area contributed by atoms with Crippen LogP contribution in [0.5, 0.6) is 0 Å². The summed E-state index contributed by atoms with van der Waals surface area (Å²) in [6.45, 7) is -0.303. The molecule has 1 saturated heterocycles. The first-order valence-electron chi connectivity index (χ1n) is 6.77. The van der Waals surface area contributed by atoms with Crippen molar-refractivity contribution in [2.75, 3.05) is 13.2 Å². The maximum atomic E-state index is 9.77. The van der Waals surface area contributed by atoms with Crippen molar-refractivity contribution in [3.05, 3.63) is 42.0 Å². The topological polar surface area (TPSA) is 99.4 Å². The molecule has 0 radical (unpaired) electrons. The fourth-order valence-corrected chi connectivity index (χ4v) is 2.10. The Morgan fingerprint density at radius 2 is 1.76 bits per heavy atom. The molecule has 5 atom stereocenters. The molecule has 116 valence electrons. The van der Waals surface area contributed by atoms with Crippen molar-refractivity contribution in [1.29, 1.82) is 0 Å². The Kier molecular flexibility index (Phi) is 5.86. The van der Waals surface area contributed by atoms with Crippen molar-refractivity contribution in [3.63, 3.8) is 0 Å². The smallest absolute Gasteiger partial charge is 0.187 e. The number of ether oxygens (including phenoxy) is 2. The lowest BCUT2D eigenvalue weighted by Crippen LogP contribution is -2.59. The van der Waals surface area contributed by atoms with E-state index in [1.807, 2.05) is 36.4 Å². The average molecular weight is 296 g/mol. The Morgan fingerprint density at radius 3 is 2.43 bits per heavy atom. The average Bonchev–Trinajstić information content (AvgIpc) is 2.52. The van der Waals surface area contributed by atoms with E-state index < -0.39 is 37.3 Å². The third-order valence-electron chi connectivity index (χ3n) is 3.32. The van der Waals surface area contributed by atoms with Gasteiger partial charge in [-0.2, -0.15) is 0 Å². The van der Waals surface area contributed by atoms with Crippen LogP contribution in [0.1, 0.15) is 5.56 Å². The number of benzene rings is 1. The van der Waals surface area contributed by atoms with Crippen LogP contribution < -0.4 is 0 Å². The van der Waals surface area contributed by atoms with Crippen LogP contribution in [0.4, 0.5) is 0 Å². The summed E-state index contributed by atoms with van der Waals surface area (Å²) in [7, 11) is 0. The van der Waals surface area contributed by atoms with Crippen molar-refractivity contribution in [2.24, 2.45) is 0 Å². The third-order valence-corrected chi connectivity index (χ3v) is 3.32. The predicted octanol–water partition coefficient (Wildman–Crippen LogP) is -0.484. The van der Waals surface area contributed by atoms with Gasteiger partial charge in [0.2, 0.25) is 0 Å². The van der Waals surface area contributed by atoms with E-state index in [4.69, 9.17) is 14.6 Å².